The first kappa shape index (κ1) is 17.8. The lowest BCUT2D eigenvalue weighted by molar-refractivity contribution is -0.137. The normalized spacial score (nSPS) is 12.5. The first-order valence-corrected chi connectivity index (χ1v) is 7.51. The smallest absolute Gasteiger partial charge is 0.416 e. The molecular weight excluding hydrogens is 319 g/mol. The number of aryl methyl sites for hydroxylation is 1. The highest BCUT2D eigenvalue weighted by atomic mass is 19.4. The molecule has 24 heavy (non-hydrogen) atoms. The first-order chi connectivity index (χ1) is 11.3. The lowest BCUT2D eigenvalue weighted by Gasteiger charge is -2.19. The largest absolute Gasteiger partial charge is 0.480 e. The van der Waals surface area contributed by atoms with Crippen LogP contribution in [0.4, 0.5) is 18.9 Å². The summed E-state index contributed by atoms with van der Waals surface area (Å²) in [7, 11) is 0. The van der Waals surface area contributed by atoms with Crippen LogP contribution in [0.3, 0.4) is 0 Å². The third-order valence-electron chi connectivity index (χ3n) is 3.48. The van der Waals surface area contributed by atoms with Crippen LogP contribution in [0, 0.1) is 6.92 Å². The van der Waals surface area contributed by atoms with Crippen molar-refractivity contribution in [2.45, 2.75) is 32.5 Å². The fourth-order valence-corrected chi connectivity index (χ4v) is 2.16. The van der Waals surface area contributed by atoms with Crippen molar-refractivity contribution >= 4 is 11.6 Å². The number of alkyl halides is 3. The molecule has 0 saturated heterocycles. The Morgan fingerprint density at radius 3 is 2.50 bits per heavy atom. The number of hydrogen-bond donors (Lipinski definition) is 1. The van der Waals surface area contributed by atoms with E-state index < -0.39 is 23.8 Å². The van der Waals surface area contributed by atoms with Crippen LogP contribution < -0.4 is 10.1 Å². The lowest BCUT2D eigenvalue weighted by atomic mass is 10.1. The van der Waals surface area contributed by atoms with Crippen LogP contribution in [0.1, 0.15) is 24.5 Å². The van der Waals surface area contributed by atoms with Gasteiger partial charge < -0.3 is 10.1 Å². The number of benzene rings is 2. The minimum absolute atomic E-state index is 0.0849. The van der Waals surface area contributed by atoms with Crippen LogP contribution in [-0.2, 0) is 11.0 Å². The van der Waals surface area contributed by atoms with Gasteiger partial charge in [0.05, 0.1) is 5.56 Å². The summed E-state index contributed by atoms with van der Waals surface area (Å²) in [5, 5.41) is 2.48. The molecule has 0 radical (unpaired) electrons. The van der Waals surface area contributed by atoms with E-state index in [9.17, 15) is 18.0 Å². The van der Waals surface area contributed by atoms with Crippen LogP contribution >= 0.6 is 0 Å². The standard InChI is InChI=1S/C18H18F3NO2/c1-3-15(24-16-10-5-4-7-12(16)2)17(23)22-14-9-6-8-13(11-14)18(19,20)21/h4-11,15H,3H2,1-2H3,(H,22,23)/t15-/m1/s1. The molecule has 0 spiro atoms. The van der Waals surface area contributed by atoms with Crippen molar-refractivity contribution < 1.29 is 22.7 Å². The van der Waals surface area contributed by atoms with Gasteiger partial charge >= 0.3 is 6.18 Å². The molecule has 0 aliphatic rings. The van der Waals surface area contributed by atoms with Crippen molar-refractivity contribution in [2.75, 3.05) is 5.32 Å². The molecule has 0 saturated carbocycles. The summed E-state index contributed by atoms with van der Waals surface area (Å²) in [6.07, 6.45) is -4.86. The van der Waals surface area contributed by atoms with Gasteiger partial charge in [0.1, 0.15) is 5.75 Å². The number of anilines is 1. The third-order valence-corrected chi connectivity index (χ3v) is 3.48. The van der Waals surface area contributed by atoms with Gasteiger partial charge in [-0.15, -0.1) is 0 Å². The van der Waals surface area contributed by atoms with Crippen molar-refractivity contribution in [1.29, 1.82) is 0 Å². The van der Waals surface area contributed by atoms with Crippen molar-refractivity contribution in [3.8, 4) is 5.75 Å². The Morgan fingerprint density at radius 1 is 1.17 bits per heavy atom. The average Bonchev–Trinajstić information content (AvgIpc) is 2.53. The Labute approximate surface area is 138 Å². The van der Waals surface area contributed by atoms with Crippen LogP contribution in [-0.4, -0.2) is 12.0 Å². The highest BCUT2D eigenvalue weighted by Crippen LogP contribution is 2.30. The van der Waals surface area contributed by atoms with Crippen LogP contribution in [0.2, 0.25) is 0 Å². The molecule has 0 heterocycles. The molecular formula is C18H18F3NO2. The predicted octanol–water partition coefficient (Wildman–Crippen LogP) is 4.81. The quantitative estimate of drug-likeness (QED) is 0.850. The predicted molar refractivity (Wildman–Crippen MR) is 86.0 cm³/mol. The molecule has 2 aromatic carbocycles. The van der Waals surface area contributed by atoms with Gasteiger partial charge in [-0.05, 0) is 43.2 Å². The number of carbonyl (C=O) groups is 1. The summed E-state index contributed by atoms with van der Waals surface area (Å²) in [6, 6.07) is 11.8. The Morgan fingerprint density at radius 2 is 1.88 bits per heavy atom. The molecule has 2 rings (SSSR count). The minimum Gasteiger partial charge on any atom is -0.480 e. The zero-order valence-electron chi connectivity index (χ0n) is 13.4. The number of halogens is 3. The topological polar surface area (TPSA) is 38.3 Å². The Bertz CT molecular complexity index is 713. The van der Waals surface area contributed by atoms with E-state index in [1.54, 1.807) is 19.1 Å². The molecule has 0 unspecified atom stereocenters. The second-order valence-corrected chi connectivity index (χ2v) is 5.35. The van der Waals surface area contributed by atoms with Crippen molar-refractivity contribution in [2.24, 2.45) is 0 Å². The van der Waals surface area contributed by atoms with Crippen molar-refractivity contribution in [1.82, 2.24) is 0 Å². The van der Waals surface area contributed by atoms with E-state index in [4.69, 9.17) is 4.74 Å². The van der Waals surface area contributed by atoms with E-state index in [-0.39, 0.29) is 5.69 Å². The SMILES string of the molecule is CC[C@@H](Oc1ccccc1C)C(=O)Nc1cccc(C(F)(F)F)c1. The summed E-state index contributed by atoms with van der Waals surface area (Å²) in [6.45, 7) is 3.63. The average molecular weight is 337 g/mol. The molecule has 128 valence electrons. The zero-order chi connectivity index (χ0) is 17.7. The van der Waals surface area contributed by atoms with E-state index in [1.165, 1.54) is 12.1 Å². The maximum absolute atomic E-state index is 12.7. The van der Waals surface area contributed by atoms with Gasteiger partial charge in [0, 0.05) is 5.69 Å². The van der Waals surface area contributed by atoms with Crippen LogP contribution in [0.5, 0.6) is 5.75 Å². The molecule has 0 fully saturated rings. The molecule has 1 N–H and O–H groups in total. The molecule has 2 aromatic rings. The summed E-state index contributed by atoms with van der Waals surface area (Å²) >= 11 is 0. The fraction of sp³-hybridized carbons (Fsp3) is 0.278. The lowest BCUT2D eigenvalue weighted by Crippen LogP contribution is -2.32. The molecule has 0 aliphatic carbocycles. The fourth-order valence-electron chi connectivity index (χ4n) is 2.16. The number of carbonyl (C=O) groups excluding carboxylic acids is 1. The number of para-hydroxylation sites is 1. The molecule has 0 aliphatic heterocycles. The van der Waals surface area contributed by atoms with Gasteiger partial charge in [0.25, 0.3) is 5.91 Å². The summed E-state index contributed by atoms with van der Waals surface area (Å²) in [5.74, 6) is 0.0867. The summed E-state index contributed by atoms with van der Waals surface area (Å²) in [5.41, 5.74) is 0.151. The Balaban J connectivity index is 2.11. The monoisotopic (exact) mass is 337 g/mol. The molecule has 6 heteroatoms. The molecule has 0 bridgehead atoms. The second kappa shape index (κ2) is 7.38. The summed E-state index contributed by atoms with van der Waals surface area (Å²) in [4.78, 5) is 12.3. The minimum atomic E-state index is -4.46. The van der Waals surface area contributed by atoms with Crippen LogP contribution in [0.25, 0.3) is 0 Å². The van der Waals surface area contributed by atoms with Gasteiger partial charge in [-0.3, -0.25) is 4.79 Å². The molecule has 1 amide bonds. The molecule has 3 nitrogen and oxygen atoms in total. The summed E-state index contributed by atoms with van der Waals surface area (Å²) < 4.78 is 43.9. The van der Waals surface area contributed by atoms with E-state index >= 15 is 0 Å². The number of amides is 1. The highest BCUT2D eigenvalue weighted by molar-refractivity contribution is 5.94. The van der Waals surface area contributed by atoms with E-state index in [0.29, 0.717) is 12.2 Å². The second-order valence-electron chi connectivity index (χ2n) is 5.35. The first-order valence-electron chi connectivity index (χ1n) is 7.51. The van der Waals surface area contributed by atoms with E-state index in [1.807, 2.05) is 19.1 Å². The van der Waals surface area contributed by atoms with E-state index in [0.717, 1.165) is 17.7 Å². The van der Waals surface area contributed by atoms with Gasteiger partial charge in [-0.25, -0.2) is 0 Å². The van der Waals surface area contributed by atoms with Gasteiger partial charge in [0.15, 0.2) is 6.10 Å². The number of nitrogens with one attached hydrogen (secondary N) is 1. The number of rotatable bonds is 5. The Kier molecular flexibility index (Phi) is 5.49. The number of hydrogen-bond acceptors (Lipinski definition) is 2. The number of ether oxygens (including phenoxy) is 1. The van der Waals surface area contributed by atoms with Gasteiger partial charge in [-0.2, -0.15) is 13.2 Å². The Hall–Kier alpha value is -2.50. The maximum atomic E-state index is 12.7. The van der Waals surface area contributed by atoms with Crippen LogP contribution in [0.15, 0.2) is 48.5 Å². The molecule has 0 aromatic heterocycles. The third kappa shape index (κ3) is 4.50. The van der Waals surface area contributed by atoms with Gasteiger partial charge in [0.2, 0.25) is 0 Å². The maximum Gasteiger partial charge on any atom is 0.416 e. The van der Waals surface area contributed by atoms with Crippen molar-refractivity contribution in [3.05, 3.63) is 59.7 Å². The van der Waals surface area contributed by atoms with Gasteiger partial charge in [-0.1, -0.05) is 31.2 Å². The van der Waals surface area contributed by atoms with E-state index in [2.05, 4.69) is 5.32 Å². The highest BCUT2D eigenvalue weighted by Gasteiger charge is 2.30. The molecule has 1 atom stereocenters. The zero-order valence-corrected chi connectivity index (χ0v) is 13.4. The van der Waals surface area contributed by atoms with Crippen molar-refractivity contribution in [3.63, 3.8) is 0 Å².